The van der Waals surface area contributed by atoms with Crippen LogP contribution in [-0.4, -0.2) is 27.5 Å². The first-order chi connectivity index (χ1) is 12.1. The number of hydrogen-bond donors (Lipinski definition) is 2. The lowest BCUT2D eigenvalue weighted by Gasteiger charge is -2.14. The lowest BCUT2D eigenvalue weighted by Crippen LogP contribution is -2.28. The summed E-state index contributed by atoms with van der Waals surface area (Å²) < 4.78 is 0. The van der Waals surface area contributed by atoms with Crippen LogP contribution in [0.4, 0.5) is 0 Å². The largest absolute Gasteiger partial charge is 0.387 e. The number of rotatable bonds is 5. The maximum absolute atomic E-state index is 12.2. The number of aliphatic hydroxyl groups is 1. The van der Waals surface area contributed by atoms with Gasteiger partial charge in [0.25, 0.3) is 5.91 Å². The van der Waals surface area contributed by atoms with Crippen LogP contribution in [0.3, 0.4) is 0 Å². The molecular formula is C20H19N3O2. The van der Waals surface area contributed by atoms with Crippen LogP contribution in [0.1, 0.15) is 27.6 Å². The number of hydrogen-bond acceptors (Lipinski definition) is 4. The van der Waals surface area contributed by atoms with Crippen molar-refractivity contribution in [2.24, 2.45) is 0 Å². The Morgan fingerprint density at radius 1 is 1.04 bits per heavy atom. The van der Waals surface area contributed by atoms with Crippen molar-refractivity contribution in [3.63, 3.8) is 0 Å². The first kappa shape index (κ1) is 16.8. The fraction of sp³-hybridized carbons (Fsp3) is 0.150. The normalized spacial score (nSPS) is 11.8. The van der Waals surface area contributed by atoms with E-state index < -0.39 is 6.10 Å². The van der Waals surface area contributed by atoms with Gasteiger partial charge in [0.1, 0.15) is 0 Å². The van der Waals surface area contributed by atoms with Crippen molar-refractivity contribution in [1.29, 1.82) is 0 Å². The average Bonchev–Trinajstić information content (AvgIpc) is 2.67. The summed E-state index contributed by atoms with van der Waals surface area (Å²) in [5.41, 5.74) is 3.04. The minimum Gasteiger partial charge on any atom is -0.387 e. The van der Waals surface area contributed by atoms with Crippen molar-refractivity contribution in [2.45, 2.75) is 13.0 Å². The Balaban J connectivity index is 1.63. The number of nitrogens with zero attached hydrogens (tertiary/aromatic N) is 2. The Bertz CT molecular complexity index is 848. The van der Waals surface area contributed by atoms with Crippen LogP contribution >= 0.6 is 0 Å². The van der Waals surface area contributed by atoms with E-state index in [1.54, 1.807) is 0 Å². The molecule has 0 aliphatic rings. The number of carbonyl (C=O) groups excluding carboxylic acids is 1. The highest BCUT2D eigenvalue weighted by molar-refractivity contribution is 5.93. The average molecular weight is 333 g/mol. The molecule has 126 valence electrons. The molecule has 2 N–H and O–H groups in total. The molecule has 0 fully saturated rings. The molecule has 1 amide bonds. The summed E-state index contributed by atoms with van der Waals surface area (Å²) in [6, 6.07) is 17.1. The Morgan fingerprint density at radius 2 is 1.68 bits per heavy atom. The van der Waals surface area contributed by atoms with E-state index in [4.69, 9.17) is 0 Å². The molecule has 25 heavy (non-hydrogen) atoms. The van der Waals surface area contributed by atoms with Crippen molar-refractivity contribution in [3.05, 3.63) is 83.7 Å². The molecule has 0 aliphatic heterocycles. The van der Waals surface area contributed by atoms with Gasteiger partial charge in [0.15, 0.2) is 5.82 Å². The van der Waals surface area contributed by atoms with Crippen LogP contribution in [-0.2, 0) is 0 Å². The molecule has 1 aromatic heterocycles. The van der Waals surface area contributed by atoms with Crippen LogP contribution in [0.2, 0.25) is 0 Å². The third-order valence-corrected chi connectivity index (χ3v) is 3.95. The molecule has 3 aromatic rings. The first-order valence-corrected chi connectivity index (χ1v) is 8.04. The predicted octanol–water partition coefficient (Wildman–Crippen LogP) is 2.92. The molecule has 0 aliphatic carbocycles. The predicted molar refractivity (Wildman–Crippen MR) is 95.9 cm³/mol. The number of nitrogens with one attached hydrogen (secondary N) is 1. The molecular weight excluding hydrogens is 314 g/mol. The van der Waals surface area contributed by atoms with E-state index in [-0.39, 0.29) is 12.5 Å². The fourth-order valence-electron chi connectivity index (χ4n) is 2.54. The quantitative estimate of drug-likeness (QED) is 0.753. The molecule has 1 atom stereocenters. The number of amides is 1. The summed E-state index contributed by atoms with van der Waals surface area (Å²) >= 11 is 0. The van der Waals surface area contributed by atoms with Crippen LogP contribution in [0.5, 0.6) is 0 Å². The zero-order chi connectivity index (χ0) is 17.6. The molecule has 0 spiro atoms. The van der Waals surface area contributed by atoms with Gasteiger partial charge in [-0.2, -0.15) is 0 Å². The van der Waals surface area contributed by atoms with Gasteiger partial charge in [-0.1, -0.05) is 54.6 Å². The van der Waals surface area contributed by atoms with E-state index in [9.17, 15) is 9.90 Å². The number of aryl methyl sites for hydroxylation is 1. The van der Waals surface area contributed by atoms with Crippen molar-refractivity contribution < 1.29 is 9.90 Å². The van der Waals surface area contributed by atoms with Gasteiger partial charge in [-0.15, -0.1) is 0 Å². The van der Waals surface area contributed by atoms with E-state index in [2.05, 4.69) is 15.3 Å². The number of carbonyl (C=O) groups is 1. The van der Waals surface area contributed by atoms with E-state index in [0.717, 1.165) is 16.7 Å². The van der Waals surface area contributed by atoms with E-state index >= 15 is 0 Å². The summed E-state index contributed by atoms with van der Waals surface area (Å²) in [7, 11) is 0. The van der Waals surface area contributed by atoms with E-state index in [1.165, 1.54) is 12.4 Å². The van der Waals surface area contributed by atoms with Crippen molar-refractivity contribution in [2.75, 3.05) is 6.54 Å². The van der Waals surface area contributed by atoms with Gasteiger partial charge in [0.05, 0.1) is 11.7 Å². The molecule has 5 nitrogen and oxygen atoms in total. The smallest absolute Gasteiger partial charge is 0.254 e. The first-order valence-electron chi connectivity index (χ1n) is 8.04. The Hall–Kier alpha value is -3.05. The summed E-state index contributed by atoms with van der Waals surface area (Å²) in [6.45, 7) is 2.06. The van der Waals surface area contributed by atoms with E-state index in [0.29, 0.717) is 11.4 Å². The van der Waals surface area contributed by atoms with Gasteiger partial charge < -0.3 is 10.4 Å². The third-order valence-electron chi connectivity index (χ3n) is 3.95. The molecule has 0 radical (unpaired) electrons. The molecule has 0 saturated carbocycles. The Kier molecular flexibility index (Phi) is 5.16. The van der Waals surface area contributed by atoms with Crippen LogP contribution in [0, 0.1) is 6.92 Å². The van der Waals surface area contributed by atoms with Crippen LogP contribution in [0.25, 0.3) is 11.4 Å². The summed E-state index contributed by atoms with van der Waals surface area (Å²) in [4.78, 5) is 20.7. The minimum absolute atomic E-state index is 0.129. The summed E-state index contributed by atoms with van der Waals surface area (Å²) in [5, 5.41) is 13.0. The van der Waals surface area contributed by atoms with Crippen LogP contribution < -0.4 is 5.32 Å². The standard InChI is InChI=1S/C20H19N3O2/c1-14-7-5-6-10-17(14)18(24)13-23-20(25)16-11-21-19(22-12-16)15-8-3-2-4-9-15/h2-12,18,24H,13H2,1H3,(H,23,25). The highest BCUT2D eigenvalue weighted by Gasteiger charge is 2.13. The lowest BCUT2D eigenvalue weighted by molar-refractivity contribution is 0.0915. The second kappa shape index (κ2) is 7.68. The number of benzene rings is 2. The number of aromatic nitrogens is 2. The Labute approximate surface area is 146 Å². The molecule has 0 saturated heterocycles. The SMILES string of the molecule is Cc1ccccc1C(O)CNC(=O)c1cnc(-c2ccccc2)nc1. The molecule has 5 heteroatoms. The number of aliphatic hydroxyl groups excluding tert-OH is 1. The van der Waals surface area contributed by atoms with Gasteiger partial charge in [0, 0.05) is 24.5 Å². The Morgan fingerprint density at radius 3 is 2.36 bits per heavy atom. The van der Waals surface area contributed by atoms with Gasteiger partial charge >= 0.3 is 0 Å². The van der Waals surface area contributed by atoms with Gasteiger partial charge in [-0.05, 0) is 18.1 Å². The lowest BCUT2D eigenvalue weighted by atomic mass is 10.0. The molecule has 1 unspecified atom stereocenters. The zero-order valence-electron chi connectivity index (χ0n) is 13.9. The topological polar surface area (TPSA) is 75.1 Å². The van der Waals surface area contributed by atoms with Gasteiger partial charge in [-0.25, -0.2) is 9.97 Å². The second-order valence-electron chi connectivity index (χ2n) is 5.74. The maximum atomic E-state index is 12.2. The fourth-order valence-corrected chi connectivity index (χ4v) is 2.54. The molecule has 2 aromatic carbocycles. The highest BCUT2D eigenvalue weighted by Crippen LogP contribution is 2.16. The molecule has 1 heterocycles. The molecule has 0 bridgehead atoms. The van der Waals surface area contributed by atoms with Crippen molar-refractivity contribution >= 4 is 5.91 Å². The third kappa shape index (κ3) is 4.08. The summed E-state index contributed by atoms with van der Waals surface area (Å²) in [5.74, 6) is 0.254. The molecule has 3 rings (SSSR count). The van der Waals surface area contributed by atoms with Gasteiger partial charge in [-0.3, -0.25) is 4.79 Å². The van der Waals surface area contributed by atoms with Crippen molar-refractivity contribution in [3.8, 4) is 11.4 Å². The van der Waals surface area contributed by atoms with Gasteiger partial charge in [0.2, 0.25) is 0 Å². The van der Waals surface area contributed by atoms with Crippen molar-refractivity contribution in [1.82, 2.24) is 15.3 Å². The monoisotopic (exact) mass is 333 g/mol. The second-order valence-corrected chi connectivity index (χ2v) is 5.74. The maximum Gasteiger partial charge on any atom is 0.254 e. The van der Waals surface area contributed by atoms with Crippen LogP contribution in [0.15, 0.2) is 67.0 Å². The van der Waals surface area contributed by atoms with E-state index in [1.807, 2.05) is 61.5 Å². The minimum atomic E-state index is -0.755. The highest BCUT2D eigenvalue weighted by atomic mass is 16.3. The zero-order valence-corrected chi connectivity index (χ0v) is 13.9. The summed E-state index contributed by atoms with van der Waals surface area (Å²) in [6.07, 6.45) is 2.23.